The van der Waals surface area contributed by atoms with Gasteiger partial charge in [-0.25, -0.2) is 0 Å². The number of rotatable bonds is 3. The van der Waals surface area contributed by atoms with Crippen molar-refractivity contribution in [3.05, 3.63) is 42.2 Å². The highest BCUT2D eigenvalue weighted by molar-refractivity contribution is 5.81. The average Bonchev–Trinajstić information content (AvgIpc) is 2.27. The fourth-order valence-corrected chi connectivity index (χ4v) is 1.97. The number of hydrogen-bond donors (Lipinski definition) is 0. The largest absolute Gasteiger partial charge is 1.00 e. The van der Waals surface area contributed by atoms with Crippen LogP contribution in [0.4, 0.5) is 0 Å². The maximum Gasteiger partial charge on any atom is 0.206 e. The number of carbonyl (C=O) groups excluding carboxylic acids is 1. The highest BCUT2D eigenvalue weighted by atomic mass is 79.9. The van der Waals surface area contributed by atoms with E-state index in [4.69, 9.17) is 0 Å². The van der Waals surface area contributed by atoms with E-state index in [-0.39, 0.29) is 22.8 Å². The molecule has 2 rings (SSSR count). The molecule has 1 heterocycles. The number of halogens is 1. The number of carbonyl (C=O) groups is 1. The molecule has 0 spiro atoms. The Kier molecular flexibility index (Phi) is 4.82. The zero-order valence-electron chi connectivity index (χ0n) is 10.1. The van der Waals surface area contributed by atoms with Gasteiger partial charge in [0, 0.05) is 24.8 Å². The second-order valence-electron chi connectivity index (χ2n) is 4.08. The molecule has 0 aliphatic rings. The third-order valence-electron chi connectivity index (χ3n) is 2.74. The van der Waals surface area contributed by atoms with Gasteiger partial charge in [0.15, 0.2) is 17.7 Å². The number of pyridine rings is 1. The molecule has 0 saturated carbocycles. The quantitative estimate of drug-likeness (QED) is 0.685. The Morgan fingerprint density at radius 1 is 1.24 bits per heavy atom. The average molecular weight is 294 g/mol. The standard InChI is InChI=1S/C14H16NO.BrH/c1-3-14-8-12-6-4-5-7-13(12)10-15(14)9-11(2)16;/h4-8,10H,3,9H2,1-2H3;1H/q+1;/p-1. The molecule has 0 saturated heterocycles. The number of ketones is 1. The van der Waals surface area contributed by atoms with Gasteiger partial charge in [-0.1, -0.05) is 25.1 Å². The van der Waals surface area contributed by atoms with Crippen LogP contribution in [-0.2, 0) is 17.8 Å². The summed E-state index contributed by atoms with van der Waals surface area (Å²) in [5.41, 5.74) is 1.20. The van der Waals surface area contributed by atoms with E-state index in [1.807, 2.05) is 16.7 Å². The summed E-state index contributed by atoms with van der Waals surface area (Å²) in [6.07, 6.45) is 3.01. The van der Waals surface area contributed by atoms with Crippen LogP contribution in [0.25, 0.3) is 10.8 Å². The molecule has 0 bridgehead atoms. The fourth-order valence-electron chi connectivity index (χ4n) is 1.97. The lowest BCUT2D eigenvalue weighted by Gasteiger charge is -2.03. The second-order valence-corrected chi connectivity index (χ2v) is 4.08. The molecule has 2 nitrogen and oxygen atoms in total. The molecule has 2 aromatic rings. The Balaban J connectivity index is 0.00000144. The van der Waals surface area contributed by atoms with Crippen molar-refractivity contribution in [1.82, 2.24) is 0 Å². The molecular formula is C14H16BrNO. The van der Waals surface area contributed by atoms with Crippen molar-refractivity contribution in [1.29, 1.82) is 0 Å². The number of nitrogens with zero attached hydrogens (tertiary/aromatic N) is 1. The molecule has 0 aliphatic heterocycles. The highest BCUT2D eigenvalue weighted by Crippen LogP contribution is 2.12. The summed E-state index contributed by atoms with van der Waals surface area (Å²) in [5.74, 6) is 0.190. The van der Waals surface area contributed by atoms with E-state index in [0.29, 0.717) is 6.54 Å². The molecule has 17 heavy (non-hydrogen) atoms. The summed E-state index contributed by atoms with van der Waals surface area (Å²) in [5, 5.41) is 2.42. The molecule has 0 unspecified atom stereocenters. The van der Waals surface area contributed by atoms with Gasteiger partial charge in [-0.2, -0.15) is 4.57 Å². The molecular weight excluding hydrogens is 278 g/mol. The second kappa shape index (κ2) is 5.92. The first-order valence-electron chi connectivity index (χ1n) is 5.61. The molecule has 0 radical (unpaired) electrons. The van der Waals surface area contributed by atoms with Crippen LogP contribution >= 0.6 is 0 Å². The van der Waals surface area contributed by atoms with Crippen LogP contribution in [0, 0.1) is 0 Å². The third kappa shape index (κ3) is 3.13. The number of hydrogen-bond acceptors (Lipinski definition) is 1. The van der Waals surface area contributed by atoms with Crippen molar-refractivity contribution in [2.24, 2.45) is 0 Å². The van der Waals surface area contributed by atoms with Gasteiger partial charge in [0.1, 0.15) is 0 Å². The van der Waals surface area contributed by atoms with Crippen LogP contribution < -0.4 is 21.5 Å². The third-order valence-corrected chi connectivity index (χ3v) is 2.74. The minimum absolute atomic E-state index is 0. The molecule has 0 N–H and O–H groups in total. The van der Waals surface area contributed by atoms with Crippen LogP contribution in [0.1, 0.15) is 19.5 Å². The van der Waals surface area contributed by atoms with Crippen molar-refractivity contribution >= 4 is 16.6 Å². The number of fused-ring (bicyclic) bond motifs is 1. The van der Waals surface area contributed by atoms with Gasteiger partial charge < -0.3 is 17.0 Å². The summed E-state index contributed by atoms with van der Waals surface area (Å²) in [4.78, 5) is 11.2. The maximum atomic E-state index is 11.2. The Labute approximate surface area is 112 Å². The Morgan fingerprint density at radius 2 is 1.88 bits per heavy atom. The fraction of sp³-hybridized carbons (Fsp3) is 0.286. The van der Waals surface area contributed by atoms with E-state index < -0.39 is 0 Å². The molecule has 0 fully saturated rings. The smallest absolute Gasteiger partial charge is 0.206 e. The summed E-state index contributed by atoms with van der Waals surface area (Å²) < 4.78 is 2.05. The van der Waals surface area contributed by atoms with E-state index in [1.54, 1.807) is 6.92 Å². The van der Waals surface area contributed by atoms with Crippen LogP contribution in [0.5, 0.6) is 0 Å². The number of aromatic nitrogens is 1. The van der Waals surface area contributed by atoms with E-state index in [0.717, 1.165) is 6.42 Å². The lowest BCUT2D eigenvalue weighted by Crippen LogP contribution is -3.00. The SMILES string of the molecule is CCc1cc2ccccc2c[n+]1CC(C)=O.[Br-]. The van der Waals surface area contributed by atoms with Gasteiger partial charge in [-0.05, 0) is 11.5 Å². The van der Waals surface area contributed by atoms with Gasteiger partial charge in [0.2, 0.25) is 6.54 Å². The van der Waals surface area contributed by atoms with Crippen LogP contribution in [0.3, 0.4) is 0 Å². The minimum Gasteiger partial charge on any atom is -1.00 e. The van der Waals surface area contributed by atoms with Gasteiger partial charge in [0.25, 0.3) is 0 Å². The van der Waals surface area contributed by atoms with Crippen LogP contribution in [0.15, 0.2) is 36.5 Å². The zero-order valence-corrected chi connectivity index (χ0v) is 11.7. The summed E-state index contributed by atoms with van der Waals surface area (Å²) in [6.45, 7) is 4.20. The maximum absolute atomic E-state index is 11.2. The Hall–Kier alpha value is -1.22. The van der Waals surface area contributed by atoms with Crippen molar-refractivity contribution in [3.63, 3.8) is 0 Å². The monoisotopic (exact) mass is 293 g/mol. The number of benzene rings is 1. The normalized spacial score (nSPS) is 10.0. The minimum atomic E-state index is 0. The summed E-state index contributed by atoms with van der Waals surface area (Å²) in [7, 11) is 0. The lowest BCUT2D eigenvalue weighted by atomic mass is 10.1. The molecule has 1 aromatic carbocycles. The summed E-state index contributed by atoms with van der Waals surface area (Å²) >= 11 is 0. The Bertz CT molecular complexity index is 537. The first kappa shape index (κ1) is 13.8. The van der Waals surface area contributed by atoms with E-state index >= 15 is 0 Å². The Morgan fingerprint density at radius 3 is 2.47 bits per heavy atom. The van der Waals surface area contributed by atoms with E-state index in [2.05, 4.69) is 31.3 Å². The van der Waals surface area contributed by atoms with Gasteiger partial charge in [0.05, 0.1) is 0 Å². The van der Waals surface area contributed by atoms with E-state index in [9.17, 15) is 4.79 Å². The first-order chi connectivity index (χ1) is 7.70. The van der Waals surface area contributed by atoms with E-state index in [1.165, 1.54) is 16.5 Å². The van der Waals surface area contributed by atoms with Gasteiger partial charge >= 0.3 is 0 Å². The van der Waals surface area contributed by atoms with Crippen molar-refractivity contribution in [2.75, 3.05) is 0 Å². The van der Waals surface area contributed by atoms with Gasteiger partial charge in [-0.15, -0.1) is 0 Å². The predicted molar refractivity (Wildman–Crippen MR) is 64.2 cm³/mol. The van der Waals surface area contributed by atoms with Crippen molar-refractivity contribution in [2.45, 2.75) is 26.8 Å². The molecule has 0 atom stereocenters. The lowest BCUT2D eigenvalue weighted by molar-refractivity contribution is -0.690. The predicted octanol–water partition coefficient (Wildman–Crippen LogP) is -0.717. The molecule has 0 amide bonds. The molecule has 90 valence electrons. The molecule has 1 aromatic heterocycles. The van der Waals surface area contributed by atoms with Crippen molar-refractivity contribution in [3.8, 4) is 0 Å². The molecule has 0 aliphatic carbocycles. The van der Waals surface area contributed by atoms with Crippen LogP contribution in [0.2, 0.25) is 0 Å². The summed E-state index contributed by atoms with van der Waals surface area (Å²) in [6, 6.07) is 10.4. The molecule has 3 heteroatoms. The topological polar surface area (TPSA) is 20.9 Å². The zero-order chi connectivity index (χ0) is 11.5. The van der Waals surface area contributed by atoms with Crippen LogP contribution in [-0.4, -0.2) is 5.78 Å². The number of aryl methyl sites for hydroxylation is 1. The van der Waals surface area contributed by atoms with Crippen molar-refractivity contribution < 1.29 is 26.3 Å². The highest BCUT2D eigenvalue weighted by Gasteiger charge is 2.12. The van der Waals surface area contributed by atoms with Gasteiger partial charge in [-0.3, -0.25) is 4.79 Å². The number of Topliss-reactive ketones (excluding diaryl/α,β-unsaturated/α-hetero) is 1. The first-order valence-corrected chi connectivity index (χ1v) is 5.61.